The van der Waals surface area contributed by atoms with Gasteiger partial charge in [0.25, 0.3) is 0 Å². The molecule has 0 spiro atoms. The van der Waals surface area contributed by atoms with Gasteiger partial charge in [-0.2, -0.15) is 0 Å². The molecule has 0 saturated carbocycles. The fraction of sp³-hybridized carbons (Fsp3) is 0.467. The second kappa shape index (κ2) is 6.58. The van der Waals surface area contributed by atoms with E-state index in [4.69, 9.17) is 0 Å². The summed E-state index contributed by atoms with van der Waals surface area (Å²) in [5.74, 6) is 0. The van der Waals surface area contributed by atoms with Gasteiger partial charge in [-0.3, -0.25) is 0 Å². The summed E-state index contributed by atoms with van der Waals surface area (Å²) in [5, 5.41) is 3.61. The third-order valence-electron chi connectivity index (χ3n) is 3.31. The van der Waals surface area contributed by atoms with Crippen LogP contribution in [0.2, 0.25) is 0 Å². The predicted octanol–water partition coefficient (Wildman–Crippen LogP) is 2.08. The summed E-state index contributed by atoms with van der Waals surface area (Å²) in [7, 11) is 0. The van der Waals surface area contributed by atoms with Crippen LogP contribution in [0.5, 0.6) is 0 Å². The third-order valence-corrected chi connectivity index (χ3v) is 3.31. The molecule has 1 heterocycles. The zero-order valence-electron chi connectivity index (χ0n) is 10.4. The Morgan fingerprint density at radius 3 is 2.94 bits per heavy atom. The number of nitrogens with zero attached hydrogens (tertiary/aromatic N) is 1. The van der Waals surface area contributed by atoms with E-state index in [-0.39, 0.29) is 0 Å². The molecule has 0 aromatic heterocycles. The molecule has 0 bridgehead atoms. The quantitative estimate of drug-likeness (QED) is 0.779. The van der Waals surface area contributed by atoms with Crippen LogP contribution >= 0.6 is 0 Å². The maximum Gasteiger partial charge on any atom is 0.0235 e. The highest BCUT2D eigenvalue weighted by Gasteiger charge is 2.18. The Labute approximate surface area is 104 Å². The third kappa shape index (κ3) is 3.99. The molecule has 0 aliphatic carbocycles. The molecule has 1 aromatic rings. The van der Waals surface area contributed by atoms with Gasteiger partial charge in [0.15, 0.2) is 0 Å². The zero-order valence-corrected chi connectivity index (χ0v) is 10.4. The highest BCUT2D eigenvalue weighted by Crippen LogP contribution is 2.07. The van der Waals surface area contributed by atoms with Gasteiger partial charge in [-0.1, -0.05) is 36.4 Å². The Morgan fingerprint density at radius 1 is 1.35 bits per heavy atom. The molecule has 1 aliphatic heterocycles. The van der Waals surface area contributed by atoms with E-state index < -0.39 is 0 Å². The molecule has 2 nitrogen and oxygen atoms in total. The maximum atomic E-state index is 3.79. The first-order valence-electron chi connectivity index (χ1n) is 6.49. The van der Waals surface area contributed by atoms with Gasteiger partial charge < -0.3 is 10.2 Å². The Kier molecular flexibility index (Phi) is 4.77. The summed E-state index contributed by atoms with van der Waals surface area (Å²) in [5.41, 5.74) is 1.43. The Hall–Kier alpha value is -1.12. The summed E-state index contributed by atoms with van der Waals surface area (Å²) in [6.07, 6.45) is 4.23. The average Bonchev–Trinajstić information content (AvgIpc) is 2.38. The minimum absolute atomic E-state index is 0.593. The smallest absolute Gasteiger partial charge is 0.0235 e. The summed E-state index contributed by atoms with van der Waals surface area (Å²) in [6.45, 7) is 8.37. The summed E-state index contributed by atoms with van der Waals surface area (Å²) in [4.78, 5) is 2.53. The second-order valence-corrected chi connectivity index (χ2v) is 4.72. The van der Waals surface area contributed by atoms with Crippen LogP contribution in [0, 0.1) is 0 Å². The van der Waals surface area contributed by atoms with Gasteiger partial charge in [-0.05, 0) is 18.4 Å². The van der Waals surface area contributed by atoms with Gasteiger partial charge in [-0.15, -0.1) is 6.58 Å². The van der Waals surface area contributed by atoms with E-state index in [0.717, 1.165) is 32.5 Å². The van der Waals surface area contributed by atoms with E-state index >= 15 is 0 Å². The maximum absolute atomic E-state index is 3.79. The molecule has 2 rings (SSSR count). The van der Waals surface area contributed by atoms with Crippen LogP contribution in [-0.2, 0) is 6.42 Å². The highest BCUT2D eigenvalue weighted by atomic mass is 15.2. The average molecular weight is 230 g/mol. The fourth-order valence-electron chi connectivity index (χ4n) is 2.41. The molecule has 1 saturated heterocycles. The van der Waals surface area contributed by atoms with Crippen LogP contribution in [0.4, 0.5) is 0 Å². The Morgan fingerprint density at radius 2 is 2.18 bits per heavy atom. The first kappa shape index (κ1) is 12.3. The first-order valence-corrected chi connectivity index (χ1v) is 6.49. The van der Waals surface area contributed by atoms with Crippen molar-refractivity contribution in [3.63, 3.8) is 0 Å². The minimum atomic E-state index is 0.593. The molecular formula is C15H22N2. The number of hydrogen-bond acceptors (Lipinski definition) is 2. The molecule has 0 amide bonds. The summed E-state index contributed by atoms with van der Waals surface area (Å²) >= 11 is 0. The molecule has 1 fully saturated rings. The monoisotopic (exact) mass is 230 g/mol. The number of nitrogens with one attached hydrogen (secondary N) is 1. The summed E-state index contributed by atoms with van der Waals surface area (Å²) in [6, 6.07) is 11.3. The van der Waals surface area contributed by atoms with Crippen molar-refractivity contribution in [1.82, 2.24) is 10.2 Å². The Bertz CT molecular complexity index is 334. The van der Waals surface area contributed by atoms with Gasteiger partial charge in [0.2, 0.25) is 0 Å². The van der Waals surface area contributed by atoms with Gasteiger partial charge in [-0.25, -0.2) is 0 Å². The topological polar surface area (TPSA) is 15.3 Å². The Balaban J connectivity index is 1.83. The summed E-state index contributed by atoms with van der Waals surface area (Å²) < 4.78 is 0. The molecule has 92 valence electrons. The molecular weight excluding hydrogens is 208 g/mol. The SMILES string of the molecule is C=CCCN1CCNC(Cc2ccccc2)C1. The van der Waals surface area contributed by atoms with Gasteiger partial charge in [0.1, 0.15) is 0 Å². The van der Waals surface area contributed by atoms with Crippen LogP contribution in [0.1, 0.15) is 12.0 Å². The molecule has 2 heteroatoms. The molecule has 0 radical (unpaired) electrons. The van der Waals surface area contributed by atoms with Crippen molar-refractivity contribution in [2.75, 3.05) is 26.2 Å². The lowest BCUT2D eigenvalue weighted by Crippen LogP contribution is -2.51. The van der Waals surface area contributed by atoms with E-state index in [9.17, 15) is 0 Å². The predicted molar refractivity (Wildman–Crippen MR) is 73.2 cm³/mol. The van der Waals surface area contributed by atoms with Crippen LogP contribution in [0.3, 0.4) is 0 Å². The molecule has 1 atom stereocenters. The number of benzene rings is 1. The lowest BCUT2D eigenvalue weighted by atomic mass is 10.0. The normalized spacial score (nSPS) is 21.3. The van der Waals surface area contributed by atoms with Gasteiger partial charge >= 0.3 is 0 Å². The second-order valence-electron chi connectivity index (χ2n) is 4.72. The minimum Gasteiger partial charge on any atom is -0.311 e. The van der Waals surface area contributed by atoms with Crippen molar-refractivity contribution in [2.45, 2.75) is 18.9 Å². The van der Waals surface area contributed by atoms with Crippen molar-refractivity contribution < 1.29 is 0 Å². The number of piperazine rings is 1. The fourth-order valence-corrected chi connectivity index (χ4v) is 2.41. The van der Waals surface area contributed by atoms with Crippen LogP contribution in [0.15, 0.2) is 43.0 Å². The van der Waals surface area contributed by atoms with Crippen molar-refractivity contribution in [3.05, 3.63) is 48.6 Å². The molecule has 1 N–H and O–H groups in total. The van der Waals surface area contributed by atoms with Crippen molar-refractivity contribution >= 4 is 0 Å². The molecule has 1 aromatic carbocycles. The van der Waals surface area contributed by atoms with E-state index in [2.05, 4.69) is 47.1 Å². The standard InChI is InChI=1S/C15H22N2/c1-2-3-10-17-11-9-16-15(13-17)12-14-7-5-4-6-8-14/h2,4-8,15-16H,1,3,9-13H2. The molecule has 1 aliphatic rings. The van der Waals surface area contributed by atoms with Crippen molar-refractivity contribution in [1.29, 1.82) is 0 Å². The van der Waals surface area contributed by atoms with E-state index in [1.165, 1.54) is 12.1 Å². The van der Waals surface area contributed by atoms with Crippen LogP contribution < -0.4 is 5.32 Å². The zero-order chi connectivity index (χ0) is 11.9. The number of hydrogen-bond donors (Lipinski definition) is 1. The lowest BCUT2D eigenvalue weighted by Gasteiger charge is -2.33. The van der Waals surface area contributed by atoms with Gasteiger partial charge in [0.05, 0.1) is 0 Å². The first-order chi connectivity index (χ1) is 8.38. The van der Waals surface area contributed by atoms with Crippen molar-refractivity contribution in [2.24, 2.45) is 0 Å². The van der Waals surface area contributed by atoms with E-state index in [0.29, 0.717) is 6.04 Å². The lowest BCUT2D eigenvalue weighted by molar-refractivity contribution is 0.202. The van der Waals surface area contributed by atoms with Crippen LogP contribution in [0.25, 0.3) is 0 Å². The molecule has 1 unspecified atom stereocenters. The molecule has 17 heavy (non-hydrogen) atoms. The highest BCUT2D eigenvalue weighted by molar-refractivity contribution is 5.16. The van der Waals surface area contributed by atoms with E-state index in [1.54, 1.807) is 0 Å². The largest absolute Gasteiger partial charge is 0.311 e. The van der Waals surface area contributed by atoms with Gasteiger partial charge in [0, 0.05) is 32.2 Å². The number of rotatable bonds is 5. The van der Waals surface area contributed by atoms with E-state index in [1.807, 2.05) is 6.08 Å². The van der Waals surface area contributed by atoms with Crippen molar-refractivity contribution in [3.8, 4) is 0 Å². The van der Waals surface area contributed by atoms with Crippen LogP contribution in [-0.4, -0.2) is 37.1 Å².